The molecule has 5 heteroatoms. The van der Waals surface area contributed by atoms with Gasteiger partial charge in [0.1, 0.15) is 5.75 Å². The van der Waals surface area contributed by atoms with Crippen LogP contribution in [0.15, 0.2) is 18.5 Å². The van der Waals surface area contributed by atoms with Crippen molar-refractivity contribution in [3.8, 4) is 5.75 Å². The molecule has 88 valence electrons. The van der Waals surface area contributed by atoms with E-state index in [-0.39, 0.29) is 12.1 Å². The number of hydrazine groups is 1. The molecule has 2 atom stereocenters. The second-order valence-electron chi connectivity index (χ2n) is 3.85. The highest BCUT2D eigenvalue weighted by molar-refractivity contribution is 5.26. The van der Waals surface area contributed by atoms with E-state index in [1.807, 2.05) is 6.07 Å². The summed E-state index contributed by atoms with van der Waals surface area (Å²) in [4.78, 5) is 4.12. The van der Waals surface area contributed by atoms with Crippen molar-refractivity contribution in [2.45, 2.75) is 25.0 Å². The maximum absolute atomic E-state index is 5.62. The summed E-state index contributed by atoms with van der Waals surface area (Å²) in [7, 11) is 1.62. The van der Waals surface area contributed by atoms with Crippen LogP contribution in [-0.2, 0) is 4.74 Å². The third-order valence-corrected chi connectivity index (χ3v) is 2.85. The first-order valence-corrected chi connectivity index (χ1v) is 5.42. The van der Waals surface area contributed by atoms with Crippen LogP contribution in [0.3, 0.4) is 0 Å². The van der Waals surface area contributed by atoms with Crippen LogP contribution in [0.25, 0.3) is 0 Å². The molecule has 1 aromatic heterocycles. The van der Waals surface area contributed by atoms with Gasteiger partial charge in [-0.05, 0) is 24.5 Å². The van der Waals surface area contributed by atoms with Gasteiger partial charge in [-0.3, -0.25) is 16.3 Å². The van der Waals surface area contributed by atoms with Crippen molar-refractivity contribution in [2.75, 3.05) is 13.7 Å². The molecule has 3 N–H and O–H groups in total. The van der Waals surface area contributed by atoms with Crippen LogP contribution < -0.4 is 16.0 Å². The van der Waals surface area contributed by atoms with E-state index >= 15 is 0 Å². The second-order valence-corrected chi connectivity index (χ2v) is 3.85. The molecular weight excluding hydrogens is 206 g/mol. The standard InChI is InChI=1S/C11H17N3O2/c1-15-9-5-8(6-13-7-9)11(14-12)10-3-2-4-16-10/h5-7,10-11,14H,2-4,12H2,1H3. The summed E-state index contributed by atoms with van der Waals surface area (Å²) in [5.74, 6) is 6.31. The molecule has 2 unspecified atom stereocenters. The number of hydrogen-bond donors (Lipinski definition) is 2. The normalized spacial score (nSPS) is 22.0. The van der Waals surface area contributed by atoms with E-state index in [1.54, 1.807) is 19.5 Å². The van der Waals surface area contributed by atoms with Gasteiger partial charge in [0.2, 0.25) is 0 Å². The summed E-state index contributed by atoms with van der Waals surface area (Å²) >= 11 is 0. The summed E-state index contributed by atoms with van der Waals surface area (Å²) in [5.41, 5.74) is 3.79. The van der Waals surface area contributed by atoms with Gasteiger partial charge in [-0.25, -0.2) is 0 Å². The molecular formula is C11H17N3O2. The number of aromatic nitrogens is 1. The summed E-state index contributed by atoms with van der Waals surface area (Å²) < 4.78 is 10.8. The fourth-order valence-electron chi connectivity index (χ4n) is 2.00. The maximum atomic E-state index is 5.62. The average Bonchev–Trinajstić information content (AvgIpc) is 2.84. The number of nitrogens with one attached hydrogen (secondary N) is 1. The minimum atomic E-state index is -0.0231. The van der Waals surface area contributed by atoms with Gasteiger partial charge < -0.3 is 9.47 Å². The van der Waals surface area contributed by atoms with Crippen LogP contribution in [0, 0.1) is 0 Å². The summed E-state index contributed by atoms with van der Waals surface area (Å²) in [6.07, 6.45) is 5.69. The lowest BCUT2D eigenvalue weighted by Gasteiger charge is -2.22. The predicted octanol–water partition coefficient (Wildman–Crippen LogP) is 0.774. The maximum Gasteiger partial charge on any atom is 0.137 e. The second kappa shape index (κ2) is 5.25. The van der Waals surface area contributed by atoms with Gasteiger partial charge in [0.15, 0.2) is 0 Å². The molecule has 0 spiro atoms. The molecule has 1 aliphatic rings. The third kappa shape index (κ3) is 2.32. The Morgan fingerprint density at radius 3 is 3.12 bits per heavy atom. The SMILES string of the molecule is COc1cncc(C(NN)C2CCCO2)c1. The number of pyridine rings is 1. The van der Waals surface area contributed by atoms with E-state index in [1.165, 1.54) is 0 Å². The lowest BCUT2D eigenvalue weighted by molar-refractivity contribution is 0.0782. The Bertz CT molecular complexity index is 340. The molecule has 0 aromatic carbocycles. The lowest BCUT2D eigenvalue weighted by atomic mass is 10.0. The number of nitrogens with two attached hydrogens (primary N) is 1. The number of rotatable bonds is 4. The predicted molar refractivity (Wildman–Crippen MR) is 59.8 cm³/mol. The van der Waals surface area contributed by atoms with Crippen molar-refractivity contribution < 1.29 is 9.47 Å². The Hall–Kier alpha value is -1.17. The van der Waals surface area contributed by atoms with Gasteiger partial charge in [0.05, 0.1) is 25.5 Å². The Balaban J connectivity index is 2.18. The molecule has 2 heterocycles. The Kier molecular flexibility index (Phi) is 3.71. The van der Waals surface area contributed by atoms with Crippen molar-refractivity contribution in [3.63, 3.8) is 0 Å². The molecule has 16 heavy (non-hydrogen) atoms. The Morgan fingerprint density at radius 1 is 1.62 bits per heavy atom. The van der Waals surface area contributed by atoms with Gasteiger partial charge in [0, 0.05) is 12.8 Å². The summed E-state index contributed by atoms with van der Waals surface area (Å²) in [6.45, 7) is 0.806. The van der Waals surface area contributed by atoms with Crippen molar-refractivity contribution in [1.29, 1.82) is 0 Å². The van der Waals surface area contributed by atoms with Gasteiger partial charge in [0.25, 0.3) is 0 Å². The zero-order chi connectivity index (χ0) is 11.4. The number of methoxy groups -OCH3 is 1. The number of hydrogen-bond acceptors (Lipinski definition) is 5. The quantitative estimate of drug-likeness (QED) is 0.583. The number of ether oxygens (including phenoxy) is 2. The van der Waals surface area contributed by atoms with Crippen molar-refractivity contribution >= 4 is 0 Å². The molecule has 1 aliphatic heterocycles. The molecule has 0 bridgehead atoms. The highest BCUT2D eigenvalue weighted by Crippen LogP contribution is 2.27. The van der Waals surface area contributed by atoms with E-state index < -0.39 is 0 Å². The van der Waals surface area contributed by atoms with Crippen LogP contribution in [-0.4, -0.2) is 24.8 Å². The van der Waals surface area contributed by atoms with E-state index in [0.717, 1.165) is 30.8 Å². The topological polar surface area (TPSA) is 69.4 Å². The molecule has 0 aliphatic carbocycles. The molecule has 1 saturated heterocycles. The molecule has 1 fully saturated rings. The van der Waals surface area contributed by atoms with Gasteiger partial charge in [-0.15, -0.1) is 0 Å². The van der Waals surface area contributed by atoms with Crippen molar-refractivity contribution in [1.82, 2.24) is 10.4 Å². The Labute approximate surface area is 94.9 Å². The van der Waals surface area contributed by atoms with Crippen molar-refractivity contribution in [2.24, 2.45) is 5.84 Å². The fraction of sp³-hybridized carbons (Fsp3) is 0.545. The molecule has 0 amide bonds. The summed E-state index contributed by atoms with van der Waals surface area (Å²) in [5, 5.41) is 0. The van der Waals surface area contributed by atoms with Crippen LogP contribution >= 0.6 is 0 Å². The third-order valence-electron chi connectivity index (χ3n) is 2.85. The molecule has 0 radical (unpaired) electrons. The summed E-state index contributed by atoms with van der Waals surface area (Å²) in [6, 6.07) is 1.91. The zero-order valence-electron chi connectivity index (χ0n) is 9.35. The largest absolute Gasteiger partial charge is 0.495 e. The van der Waals surface area contributed by atoms with Gasteiger partial charge in [-0.2, -0.15) is 0 Å². The van der Waals surface area contributed by atoms with Crippen LogP contribution in [0.5, 0.6) is 5.75 Å². The average molecular weight is 223 g/mol. The molecule has 0 saturated carbocycles. The first kappa shape index (κ1) is 11.3. The molecule has 5 nitrogen and oxygen atoms in total. The molecule has 2 rings (SSSR count). The van der Waals surface area contributed by atoms with Crippen LogP contribution in [0.2, 0.25) is 0 Å². The highest BCUT2D eigenvalue weighted by Gasteiger charge is 2.26. The highest BCUT2D eigenvalue weighted by atomic mass is 16.5. The lowest BCUT2D eigenvalue weighted by Crippen LogP contribution is -2.36. The van der Waals surface area contributed by atoms with Crippen LogP contribution in [0.4, 0.5) is 0 Å². The first-order valence-electron chi connectivity index (χ1n) is 5.42. The van der Waals surface area contributed by atoms with Crippen molar-refractivity contribution in [3.05, 3.63) is 24.0 Å². The van der Waals surface area contributed by atoms with E-state index in [9.17, 15) is 0 Å². The molecule has 1 aromatic rings. The van der Waals surface area contributed by atoms with Gasteiger partial charge >= 0.3 is 0 Å². The van der Waals surface area contributed by atoms with Crippen LogP contribution in [0.1, 0.15) is 24.4 Å². The monoisotopic (exact) mass is 223 g/mol. The smallest absolute Gasteiger partial charge is 0.137 e. The first-order chi connectivity index (χ1) is 7.85. The number of nitrogens with zero attached hydrogens (tertiary/aromatic N) is 1. The minimum Gasteiger partial charge on any atom is -0.495 e. The Morgan fingerprint density at radius 2 is 2.50 bits per heavy atom. The van der Waals surface area contributed by atoms with E-state index in [4.69, 9.17) is 15.3 Å². The fourth-order valence-corrected chi connectivity index (χ4v) is 2.00. The van der Waals surface area contributed by atoms with E-state index in [2.05, 4.69) is 10.4 Å². The minimum absolute atomic E-state index is 0.0231. The van der Waals surface area contributed by atoms with E-state index in [0.29, 0.717) is 0 Å². The van der Waals surface area contributed by atoms with Gasteiger partial charge in [-0.1, -0.05) is 0 Å². The zero-order valence-corrected chi connectivity index (χ0v) is 9.35.